The van der Waals surface area contributed by atoms with Crippen LogP contribution < -0.4 is 0 Å². The molecule has 0 atom stereocenters. The molecule has 76 valence electrons. The van der Waals surface area contributed by atoms with Crippen LogP contribution in [0.25, 0.3) is 11.1 Å². The Morgan fingerprint density at radius 3 is 2.20 bits per heavy atom. The van der Waals surface area contributed by atoms with E-state index in [-0.39, 0.29) is 5.56 Å². The summed E-state index contributed by atoms with van der Waals surface area (Å²) < 4.78 is 26.3. The molecule has 0 aliphatic carbocycles. The maximum Gasteiger partial charge on any atom is 0.131 e. The van der Waals surface area contributed by atoms with Crippen LogP contribution in [0.2, 0.25) is 5.02 Å². The lowest BCUT2D eigenvalue weighted by molar-refractivity contribution is 0.603. The molecule has 0 aliphatic rings. The Balaban J connectivity index is 2.53. The Labute approximate surface area is 91.1 Å². The van der Waals surface area contributed by atoms with Crippen LogP contribution in [0.5, 0.6) is 0 Å². The third-order valence-corrected chi connectivity index (χ3v) is 2.34. The van der Waals surface area contributed by atoms with Crippen molar-refractivity contribution in [2.45, 2.75) is 0 Å². The van der Waals surface area contributed by atoms with Crippen molar-refractivity contribution in [3.8, 4) is 11.1 Å². The first-order valence-corrected chi connectivity index (χ1v) is 4.75. The van der Waals surface area contributed by atoms with Crippen molar-refractivity contribution in [2.75, 3.05) is 0 Å². The molecule has 3 heteroatoms. The Morgan fingerprint density at radius 2 is 1.53 bits per heavy atom. The predicted molar refractivity (Wildman–Crippen MR) is 56.8 cm³/mol. The van der Waals surface area contributed by atoms with Gasteiger partial charge in [0.1, 0.15) is 11.6 Å². The van der Waals surface area contributed by atoms with Crippen LogP contribution in [-0.4, -0.2) is 0 Å². The Kier molecular flexibility index (Phi) is 2.69. The largest absolute Gasteiger partial charge is 0.207 e. The molecular formula is C12H7ClF2. The van der Waals surface area contributed by atoms with Gasteiger partial charge in [-0.25, -0.2) is 8.78 Å². The van der Waals surface area contributed by atoms with Crippen LogP contribution in [0.15, 0.2) is 42.5 Å². The molecule has 0 bridgehead atoms. The molecular weight excluding hydrogens is 218 g/mol. The first-order valence-electron chi connectivity index (χ1n) is 4.38. The molecule has 0 spiro atoms. The van der Waals surface area contributed by atoms with Crippen molar-refractivity contribution in [3.63, 3.8) is 0 Å². The third-order valence-electron chi connectivity index (χ3n) is 2.08. The highest BCUT2D eigenvalue weighted by Gasteiger charge is 2.05. The monoisotopic (exact) mass is 224 g/mol. The summed E-state index contributed by atoms with van der Waals surface area (Å²) in [5.41, 5.74) is 0.850. The van der Waals surface area contributed by atoms with Crippen LogP contribution in [0.1, 0.15) is 0 Å². The van der Waals surface area contributed by atoms with E-state index in [1.807, 2.05) is 0 Å². The molecule has 2 aromatic carbocycles. The van der Waals surface area contributed by atoms with Crippen LogP contribution in [0.4, 0.5) is 8.78 Å². The molecule has 0 saturated heterocycles. The first kappa shape index (κ1) is 10.1. The van der Waals surface area contributed by atoms with E-state index in [9.17, 15) is 8.78 Å². The lowest BCUT2D eigenvalue weighted by atomic mass is 10.1. The number of hydrogen-bond acceptors (Lipinski definition) is 0. The van der Waals surface area contributed by atoms with Gasteiger partial charge in [-0.2, -0.15) is 0 Å². The van der Waals surface area contributed by atoms with Crippen LogP contribution in [0.3, 0.4) is 0 Å². The van der Waals surface area contributed by atoms with Crippen molar-refractivity contribution in [2.24, 2.45) is 0 Å². The topological polar surface area (TPSA) is 0 Å². The van der Waals surface area contributed by atoms with Crippen molar-refractivity contribution in [1.82, 2.24) is 0 Å². The fourth-order valence-corrected chi connectivity index (χ4v) is 1.47. The van der Waals surface area contributed by atoms with Crippen LogP contribution >= 0.6 is 11.6 Å². The second kappa shape index (κ2) is 3.99. The maximum absolute atomic E-state index is 13.4. The Morgan fingerprint density at radius 1 is 0.867 bits per heavy atom. The Bertz CT molecular complexity index is 477. The molecule has 2 aromatic rings. The van der Waals surface area contributed by atoms with Crippen molar-refractivity contribution < 1.29 is 8.78 Å². The molecule has 0 saturated carbocycles. The summed E-state index contributed by atoms with van der Waals surface area (Å²) in [4.78, 5) is 0. The molecule has 0 fully saturated rings. The summed E-state index contributed by atoms with van der Waals surface area (Å²) in [6.45, 7) is 0. The molecule has 0 unspecified atom stereocenters. The van der Waals surface area contributed by atoms with Gasteiger partial charge in [-0.05, 0) is 35.9 Å². The van der Waals surface area contributed by atoms with E-state index in [1.54, 1.807) is 24.3 Å². The van der Waals surface area contributed by atoms with Crippen molar-refractivity contribution in [1.29, 1.82) is 0 Å². The van der Waals surface area contributed by atoms with Gasteiger partial charge in [0.2, 0.25) is 0 Å². The van der Waals surface area contributed by atoms with Gasteiger partial charge in [-0.3, -0.25) is 0 Å². The SMILES string of the molecule is Fc1ccc(F)c(-c2ccc(Cl)cc2)c1. The third kappa shape index (κ3) is 2.16. The van der Waals surface area contributed by atoms with E-state index in [2.05, 4.69) is 0 Å². The lowest BCUT2D eigenvalue weighted by Crippen LogP contribution is -1.85. The van der Waals surface area contributed by atoms with E-state index >= 15 is 0 Å². The summed E-state index contributed by atoms with van der Waals surface area (Å²) in [6.07, 6.45) is 0. The summed E-state index contributed by atoms with van der Waals surface area (Å²) in [5.74, 6) is -0.903. The molecule has 0 aromatic heterocycles. The van der Waals surface area contributed by atoms with Gasteiger partial charge in [0.25, 0.3) is 0 Å². The summed E-state index contributed by atoms with van der Waals surface area (Å²) in [7, 11) is 0. The second-order valence-electron chi connectivity index (χ2n) is 3.13. The van der Waals surface area contributed by atoms with Crippen molar-refractivity contribution >= 4 is 11.6 Å². The molecule has 0 N–H and O–H groups in total. The van der Waals surface area contributed by atoms with Gasteiger partial charge >= 0.3 is 0 Å². The summed E-state index contributed by atoms with van der Waals surface area (Å²) >= 11 is 5.70. The zero-order valence-corrected chi connectivity index (χ0v) is 8.43. The minimum absolute atomic E-state index is 0.242. The second-order valence-corrected chi connectivity index (χ2v) is 3.57. The fraction of sp³-hybridized carbons (Fsp3) is 0. The Hall–Kier alpha value is -1.41. The highest BCUT2D eigenvalue weighted by atomic mass is 35.5. The quantitative estimate of drug-likeness (QED) is 0.678. The molecule has 0 nitrogen and oxygen atoms in total. The smallest absolute Gasteiger partial charge is 0.131 e. The molecule has 0 aliphatic heterocycles. The molecule has 0 heterocycles. The average molecular weight is 225 g/mol. The van der Waals surface area contributed by atoms with Crippen molar-refractivity contribution in [3.05, 3.63) is 59.1 Å². The highest BCUT2D eigenvalue weighted by Crippen LogP contribution is 2.24. The molecule has 0 amide bonds. The molecule has 15 heavy (non-hydrogen) atoms. The number of halogens is 3. The zero-order chi connectivity index (χ0) is 10.8. The van der Waals surface area contributed by atoms with Gasteiger partial charge in [0.05, 0.1) is 0 Å². The van der Waals surface area contributed by atoms with E-state index in [1.165, 1.54) is 6.07 Å². The normalized spacial score (nSPS) is 10.3. The van der Waals surface area contributed by atoms with Crippen LogP contribution in [-0.2, 0) is 0 Å². The van der Waals surface area contributed by atoms with Crippen LogP contribution in [0, 0.1) is 11.6 Å². The highest BCUT2D eigenvalue weighted by molar-refractivity contribution is 6.30. The minimum Gasteiger partial charge on any atom is -0.207 e. The van der Waals surface area contributed by atoms with Gasteiger partial charge in [-0.1, -0.05) is 23.7 Å². The van der Waals surface area contributed by atoms with E-state index in [0.717, 1.165) is 12.1 Å². The van der Waals surface area contributed by atoms with E-state index < -0.39 is 11.6 Å². The van der Waals surface area contributed by atoms with Gasteiger partial charge in [-0.15, -0.1) is 0 Å². The lowest BCUT2D eigenvalue weighted by Gasteiger charge is -2.03. The van der Waals surface area contributed by atoms with Gasteiger partial charge in [0, 0.05) is 10.6 Å². The number of hydrogen-bond donors (Lipinski definition) is 0. The average Bonchev–Trinajstić information content (AvgIpc) is 2.23. The zero-order valence-electron chi connectivity index (χ0n) is 7.68. The van der Waals surface area contributed by atoms with E-state index in [0.29, 0.717) is 10.6 Å². The maximum atomic E-state index is 13.4. The fourth-order valence-electron chi connectivity index (χ4n) is 1.35. The predicted octanol–water partition coefficient (Wildman–Crippen LogP) is 4.29. The molecule has 2 rings (SSSR count). The van der Waals surface area contributed by atoms with Gasteiger partial charge < -0.3 is 0 Å². The first-order chi connectivity index (χ1) is 7.16. The number of rotatable bonds is 1. The standard InChI is InChI=1S/C12H7ClF2/c13-9-3-1-8(2-4-9)11-7-10(14)5-6-12(11)15/h1-7H. The molecule has 0 radical (unpaired) electrons. The summed E-state index contributed by atoms with van der Waals surface area (Å²) in [5, 5.41) is 0.565. The number of benzene rings is 2. The van der Waals surface area contributed by atoms with E-state index in [4.69, 9.17) is 11.6 Å². The summed E-state index contributed by atoms with van der Waals surface area (Å²) in [6, 6.07) is 9.95. The minimum atomic E-state index is -0.457. The van der Waals surface area contributed by atoms with Gasteiger partial charge in [0.15, 0.2) is 0 Å².